The van der Waals surface area contributed by atoms with Gasteiger partial charge in [-0.25, -0.2) is 9.78 Å². The van der Waals surface area contributed by atoms with Crippen LogP contribution in [0.4, 0.5) is 4.79 Å². The molecule has 1 aliphatic rings. The van der Waals surface area contributed by atoms with Crippen LogP contribution in [0.1, 0.15) is 35.7 Å². The number of aliphatic carboxylic acids is 1. The fourth-order valence-electron chi connectivity index (χ4n) is 4.07. The van der Waals surface area contributed by atoms with Gasteiger partial charge in [-0.15, -0.1) is 0 Å². The maximum absolute atomic E-state index is 12.6. The molecule has 1 unspecified atom stereocenters. The number of nitrogens with one attached hydrogen (secondary N) is 2. The van der Waals surface area contributed by atoms with E-state index in [1.165, 1.54) is 11.0 Å². The van der Waals surface area contributed by atoms with Crippen LogP contribution in [0.25, 0.3) is 11.1 Å². The predicted molar refractivity (Wildman–Crippen MR) is 122 cm³/mol. The maximum Gasteiger partial charge on any atom is 0.407 e. The summed E-state index contributed by atoms with van der Waals surface area (Å²) in [5.41, 5.74) is 4.35. The zero-order chi connectivity index (χ0) is 24.1. The van der Waals surface area contributed by atoms with Crippen LogP contribution in [0.2, 0.25) is 0 Å². The second kappa shape index (κ2) is 10.2. The lowest BCUT2D eigenvalue weighted by Gasteiger charge is -2.19. The number of fused-ring (bicyclic) bond motifs is 3. The monoisotopic (exact) mass is 463 g/mol. The quantitative estimate of drug-likeness (QED) is 0.443. The van der Waals surface area contributed by atoms with E-state index >= 15 is 0 Å². The summed E-state index contributed by atoms with van der Waals surface area (Å²) in [6.07, 6.45) is 0.339. The first-order valence-corrected chi connectivity index (χ1v) is 10.9. The number of carbonyl (C=O) groups excluding carboxylic acids is 2. The molecule has 1 aliphatic carbocycles. The summed E-state index contributed by atoms with van der Waals surface area (Å²) in [5.74, 6) is -1.34. The lowest BCUT2D eigenvalue weighted by molar-refractivity contribution is -0.137. The highest BCUT2D eigenvalue weighted by atomic mass is 16.5. The number of carbonyl (C=O) groups is 3. The molecule has 3 N–H and O–H groups in total. The lowest BCUT2D eigenvalue weighted by atomic mass is 9.98. The number of alkyl carbamates (subject to hydrolysis) is 1. The van der Waals surface area contributed by atoms with Crippen molar-refractivity contribution in [2.45, 2.75) is 31.3 Å². The molecule has 4 rings (SSSR count). The van der Waals surface area contributed by atoms with Crippen LogP contribution in [0.3, 0.4) is 0 Å². The molecule has 0 bridgehead atoms. The Bertz CT molecular complexity index is 1160. The van der Waals surface area contributed by atoms with Crippen molar-refractivity contribution in [2.75, 3.05) is 6.61 Å². The fraction of sp³-hybridized carbons (Fsp3) is 0.292. The molecule has 0 fully saturated rings. The molecule has 176 valence electrons. The number of ether oxygens (including phenoxy) is 1. The first-order valence-electron chi connectivity index (χ1n) is 10.9. The van der Waals surface area contributed by atoms with Crippen molar-refractivity contribution in [1.29, 1.82) is 0 Å². The molecule has 10 heteroatoms. The Labute approximate surface area is 196 Å². The topological polar surface area (TPSA) is 135 Å². The summed E-state index contributed by atoms with van der Waals surface area (Å²) in [6.45, 7) is 0.139. The number of hydrogen-bond donors (Lipinski definition) is 3. The number of benzene rings is 2. The second-order valence-corrected chi connectivity index (χ2v) is 8.01. The number of aryl methyl sites for hydroxylation is 1. The highest BCUT2D eigenvalue weighted by Gasteiger charge is 2.30. The summed E-state index contributed by atoms with van der Waals surface area (Å²) in [5, 5.41) is 18.2. The Morgan fingerprint density at radius 3 is 2.32 bits per heavy atom. The van der Waals surface area contributed by atoms with Crippen molar-refractivity contribution in [3.63, 3.8) is 0 Å². The number of nitrogens with zero attached hydrogens (tertiary/aromatic N) is 3. The van der Waals surface area contributed by atoms with E-state index in [2.05, 4.69) is 20.7 Å². The van der Waals surface area contributed by atoms with Crippen LogP contribution < -0.4 is 10.6 Å². The van der Waals surface area contributed by atoms with Crippen LogP contribution >= 0.6 is 0 Å². The van der Waals surface area contributed by atoms with E-state index in [0.717, 1.165) is 22.3 Å². The van der Waals surface area contributed by atoms with Gasteiger partial charge in [-0.2, -0.15) is 5.10 Å². The van der Waals surface area contributed by atoms with E-state index < -0.39 is 24.0 Å². The van der Waals surface area contributed by atoms with Crippen molar-refractivity contribution in [3.05, 3.63) is 71.8 Å². The van der Waals surface area contributed by atoms with Crippen molar-refractivity contribution < 1.29 is 24.2 Å². The summed E-state index contributed by atoms with van der Waals surface area (Å²) < 4.78 is 6.99. The SMILES string of the molecule is Cn1cnc(CNC(=O)C(CCC(=O)O)NC(=O)OCC2c3ccccc3-c3ccccc32)n1. The molecule has 1 heterocycles. The van der Waals surface area contributed by atoms with E-state index in [9.17, 15) is 14.4 Å². The summed E-state index contributed by atoms with van der Waals surface area (Å²) >= 11 is 0. The molecule has 0 radical (unpaired) electrons. The van der Waals surface area contributed by atoms with Gasteiger partial charge in [0.05, 0.1) is 6.54 Å². The third-order valence-electron chi connectivity index (χ3n) is 5.67. The molecule has 0 spiro atoms. The average Bonchev–Trinajstić information content (AvgIpc) is 3.39. The summed E-state index contributed by atoms with van der Waals surface area (Å²) in [4.78, 5) is 40.2. The molecule has 0 aliphatic heterocycles. The molecular formula is C24H25N5O5. The minimum atomic E-state index is -1.07. The standard InChI is InChI=1S/C24H25N5O5/c1-29-14-26-21(28-29)12-25-23(32)20(10-11-22(30)31)27-24(33)34-13-19-17-8-4-2-6-15(17)16-7-3-5-9-18(16)19/h2-9,14,19-20H,10-13H2,1H3,(H,25,32)(H,27,33)(H,30,31). The van der Waals surface area contributed by atoms with Crippen molar-refractivity contribution in [1.82, 2.24) is 25.4 Å². The molecule has 10 nitrogen and oxygen atoms in total. The number of carboxylic acid groups (broad SMARTS) is 1. The Morgan fingerprint density at radius 2 is 1.74 bits per heavy atom. The second-order valence-electron chi connectivity index (χ2n) is 8.01. The van der Waals surface area contributed by atoms with Gasteiger partial charge in [0.15, 0.2) is 5.82 Å². The number of carboxylic acids is 1. The minimum Gasteiger partial charge on any atom is -0.481 e. The molecule has 0 saturated heterocycles. The maximum atomic E-state index is 12.6. The minimum absolute atomic E-state index is 0.0512. The molecule has 34 heavy (non-hydrogen) atoms. The highest BCUT2D eigenvalue weighted by molar-refractivity contribution is 5.86. The third-order valence-corrected chi connectivity index (χ3v) is 5.67. The Hall–Kier alpha value is -4.21. The first kappa shape index (κ1) is 23.0. The third kappa shape index (κ3) is 5.22. The van der Waals surface area contributed by atoms with E-state index in [1.807, 2.05) is 48.5 Å². The van der Waals surface area contributed by atoms with Gasteiger partial charge in [-0.3, -0.25) is 14.3 Å². The Balaban J connectivity index is 1.38. The van der Waals surface area contributed by atoms with Gasteiger partial charge in [0.2, 0.25) is 5.91 Å². The number of rotatable bonds is 9. The van der Waals surface area contributed by atoms with E-state index in [1.54, 1.807) is 7.05 Å². The van der Waals surface area contributed by atoms with Crippen molar-refractivity contribution >= 4 is 18.0 Å². The van der Waals surface area contributed by atoms with Crippen LogP contribution in [0.5, 0.6) is 0 Å². The smallest absolute Gasteiger partial charge is 0.407 e. The number of hydrogen-bond acceptors (Lipinski definition) is 6. The van der Waals surface area contributed by atoms with Gasteiger partial charge in [-0.1, -0.05) is 48.5 Å². The van der Waals surface area contributed by atoms with Crippen LogP contribution in [-0.4, -0.2) is 50.5 Å². The zero-order valence-corrected chi connectivity index (χ0v) is 18.6. The van der Waals surface area contributed by atoms with Crippen LogP contribution in [0.15, 0.2) is 54.9 Å². The lowest BCUT2D eigenvalue weighted by Crippen LogP contribution is -2.47. The van der Waals surface area contributed by atoms with Gasteiger partial charge < -0.3 is 20.5 Å². The Kier molecular flexibility index (Phi) is 6.86. The van der Waals surface area contributed by atoms with Gasteiger partial charge in [0.1, 0.15) is 19.0 Å². The molecule has 1 aromatic heterocycles. The molecule has 2 amide bonds. The fourth-order valence-corrected chi connectivity index (χ4v) is 4.07. The predicted octanol–water partition coefficient (Wildman–Crippen LogP) is 2.20. The number of aromatic nitrogens is 3. The van der Waals surface area contributed by atoms with E-state index in [-0.39, 0.29) is 31.9 Å². The van der Waals surface area contributed by atoms with Gasteiger partial charge in [0, 0.05) is 19.4 Å². The number of amides is 2. The summed E-state index contributed by atoms with van der Waals surface area (Å²) in [6, 6.07) is 14.9. The molecular weight excluding hydrogens is 438 g/mol. The van der Waals surface area contributed by atoms with Gasteiger partial charge in [-0.05, 0) is 28.7 Å². The average molecular weight is 463 g/mol. The molecule has 0 saturated carbocycles. The zero-order valence-electron chi connectivity index (χ0n) is 18.6. The molecule has 1 atom stereocenters. The Morgan fingerprint density at radius 1 is 1.09 bits per heavy atom. The van der Waals surface area contributed by atoms with Gasteiger partial charge >= 0.3 is 12.1 Å². The van der Waals surface area contributed by atoms with Crippen molar-refractivity contribution in [2.24, 2.45) is 7.05 Å². The van der Waals surface area contributed by atoms with E-state index in [0.29, 0.717) is 5.82 Å². The highest BCUT2D eigenvalue weighted by Crippen LogP contribution is 2.44. The van der Waals surface area contributed by atoms with Gasteiger partial charge in [0.25, 0.3) is 0 Å². The molecule has 2 aromatic carbocycles. The van der Waals surface area contributed by atoms with E-state index in [4.69, 9.17) is 9.84 Å². The van der Waals surface area contributed by atoms with Crippen molar-refractivity contribution in [3.8, 4) is 11.1 Å². The van der Waals surface area contributed by atoms with Crippen LogP contribution in [0, 0.1) is 0 Å². The van der Waals surface area contributed by atoms with Crippen LogP contribution in [-0.2, 0) is 27.9 Å². The first-order chi connectivity index (χ1) is 16.4. The molecule has 3 aromatic rings. The summed E-state index contributed by atoms with van der Waals surface area (Å²) in [7, 11) is 1.70. The largest absolute Gasteiger partial charge is 0.481 e. The normalized spacial score (nSPS) is 13.0.